The first-order valence-electron chi connectivity index (χ1n) is 13.3. The van der Waals surface area contributed by atoms with Crippen LogP contribution in [0.15, 0.2) is 48.7 Å². The number of rotatable bonds is 9. The van der Waals surface area contributed by atoms with Crippen LogP contribution in [0.1, 0.15) is 65.2 Å². The Bertz CT molecular complexity index is 1120. The summed E-state index contributed by atoms with van der Waals surface area (Å²) in [6.45, 7) is 18.6. The zero-order chi connectivity index (χ0) is 28.5. The summed E-state index contributed by atoms with van der Waals surface area (Å²) in [7, 11) is -0.946. The van der Waals surface area contributed by atoms with Crippen molar-refractivity contribution < 1.29 is 29.0 Å². The fourth-order valence-electron chi connectivity index (χ4n) is 6.45. The van der Waals surface area contributed by atoms with E-state index in [-0.39, 0.29) is 33.8 Å². The fraction of sp³-hybridized carbons (Fsp3) is 0.517. The number of ether oxygens (including phenoxy) is 1. The van der Waals surface area contributed by atoms with Gasteiger partial charge >= 0.3 is 6.09 Å². The number of hydrogen-bond acceptors (Lipinski definition) is 5. The molecule has 0 saturated heterocycles. The summed E-state index contributed by atoms with van der Waals surface area (Å²) in [6.07, 6.45) is 4.75. The molecule has 2 heterocycles. The first-order chi connectivity index (χ1) is 17.9. The van der Waals surface area contributed by atoms with Gasteiger partial charge in [-0.1, -0.05) is 59.8 Å². The van der Waals surface area contributed by atoms with Crippen LogP contribution in [0.2, 0.25) is 16.6 Å². The number of methoxy groups -OCH3 is 1. The number of carboxylic acid groups (broad SMARTS) is 1. The normalized spacial score (nSPS) is 21.6. The number of allylic oxidation sites excluding steroid dienone is 3. The largest absolute Gasteiger partial charge is 0.540 e. The number of aliphatic hydroxyl groups is 1. The second kappa shape index (κ2) is 11.4. The van der Waals surface area contributed by atoms with Crippen molar-refractivity contribution in [2.75, 3.05) is 12.0 Å². The Hall–Kier alpha value is -3.04. The minimum Gasteiger partial charge on any atom is -0.540 e. The van der Waals surface area contributed by atoms with E-state index in [1.807, 2.05) is 19.1 Å². The van der Waals surface area contributed by atoms with Crippen LogP contribution in [0.5, 0.6) is 11.5 Å². The van der Waals surface area contributed by atoms with E-state index < -0.39 is 32.6 Å². The highest BCUT2D eigenvalue weighted by Gasteiger charge is 2.50. The summed E-state index contributed by atoms with van der Waals surface area (Å²) in [5, 5.41) is 21.9. The maximum absolute atomic E-state index is 13.9. The van der Waals surface area contributed by atoms with Crippen molar-refractivity contribution in [2.45, 2.75) is 83.8 Å². The molecule has 9 heteroatoms. The average molecular weight is 543 g/mol. The Kier molecular flexibility index (Phi) is 8.83. The number of amides is 2. The molecule has 0 aromatic heterocycles. The number of aliphatic hydroxyl groups excluding tert-OH is 1. The summed E-state index contributed by atoms with van der Waals surface area (Å²) in [5.41, 5.74) is 1.81. The molecule has 0 spiro atoms. The molecule has 0 fully saturated rings. The molecule has 0 bridgehead atoms. The topological polar surface area (TPSA) is 99.5 Å². The molecule has 3 rings (SSSR count). The predicted molar refractivity (Wildman–Crippen MR) is 152 cm³/mol. The van der Waals surface area contributed by atoms with Crippen LogP contribution in [-0.2, 0) is 0 Å². The third kappa shape index (κ3) is 4.77. The van der Waals surface area contributed by atoms with Gasteiger partial charge in [-0.15, -0.1) is 6.58 Å². The number of carbonyl (C=O) groups is 2. The average Bonchev–Trinajstić information content (AvgIpc) is 3.15. The van der Waals surface area contributed by atoms with E-state index in [2.05, 4.69) is 48.1 Å². The first kappa shape index (κ1) is 29.5. The fourth-order valence-corrected chi connectivity index (χ4v) is 11.7. The summed E-state index contributed by atoms with van der Waals surface area (Å²) < 4.78 is 12.6. The van der Waals surface area contributed by atoms with Gasteiger partial charge in [0.05, 0.1) is 24.4 Å². The van der Waals surface area contributed by atoms with Crippen molar-refractivity contribution in [1.82, 2.24) is 4.90 Å². The van der Waals surface area contributed by atoms with Crippen molar-refractivity contribution in [2.24, 2.45) is 5.92 Å². The summed E-state index contributed by atoms with van der Waals surface area (Å²) in [6, 6.07) is 2.28. The maximum atomic E-state index is 13.9. The summed E-state index contributed by atoms with van der Waals surface area (Å²) >= 11 is 0. The molecule has 2 aliphatic heterocycles. The van der Waals surface area contributed by atoms with Crippen molar-refractivity contribution in [3.05, 3.63) is 54.3 Å². The van der Waals surface area contributed by atoms with E-state index in [1.165, 1.54) is 12.0 Å². The Morgan fingerprint density at radius 3 is 2.21 bits per heavy atom. The number of fused-ring (bicyclic) bond motifs is 2. The van der Waals surface area contributed by atoms with Crippen molar-refractivity contribution in [3.8, 4) is 11.5 Å². The lowest BCUT2D eigenvalue weighted by Crippen LogP contribution is -2.52. The SMILES string of the molecule is C=CCC1C(C=CC)=CN2C(=O)c3cc(OC)c(O[Si](C(C)C)(C(C)C)C(C)C)cc3N(C(=O)O)[C@@H](O)[C@H]12. The lowest BCUT2D eigenvalue weighted by atomic mass is 9.89. The number of anilines is 1. The molecule has 2 aliphatic rings. The monoisotopic (exact) mass is 542 g/mol. The molecular weight excluding hydrogens is 500 g/mol. The van der Waals surface area contributed by atoms with Crippen LogP contribution in [0.3, 0.4) is 0 Å². The highest BCUT2D eigenvalue weighted by Crippen LogP contribution is 2.48. The highest BCUT2D eigenvalue weighted by molar-refractivity contribution is 6.78. The smallest absolute Gasteiger partial charge is 0.414 e. The molecule has 2 amide bonds. The minimum atomic E-state index is -2.45. The molecule has 8 nitrogen and oxygen atoms in total. The van der Waals surface area contributed by atoms with Gasteiger partial charge in [0.2, 0.25) is 0 Å². The van der Waals surface area contributed by atoms with Gasteiger partial charge in [-0.05, 0) is 41.6 Å². The molecule has 3 atom stereocenters. The third-order valence-electron chi connectivity index (χ3n) is 8.01. The van der Waals surface area contributed by atoms with Crippen molar-refractivity contribution in [1.29, 1.82) is 0 Å². The Labute approximate surface area is 227 Å². The van der Waals surface area contributed by atoms with Crippen LogP contribution in [0.25, 0.3) is 0 Å². The maximum Gasteiger partial charge on any atom is 0.414 e. The molecule has 208 valence electrons. The van der Waals surface area contributed by atoms with Gasteiger partial charge in [0.1, 0.15) is 5.75 Å². The highest BCUT2D eigenvalue weighted by atomic mass is 28.4. The second-order valence-electron chi connectivity index (χ2n) is 11.0. The van der Waals surface area contributed by atoms with E-state index >= 15 is 0 Å². The van der Waals surface area contributed by atoms with Crippen molar-refractivity contribution in [3.63, 3.8) is 0 Å². The Morgan fingerprint density at radius 2 is 1.74 bits per heavy atom. The number of nitrogens with zero attached hydrogens (tertiary/aromatic N) is 2. The molecule has 1 unspecified atom stereocenters. The lowest BCUT2D eigenvalue weighted by molar-refractivity contribution is 0.0473. The first-order valence-corrected chi connectivity index (χ1v) is 15.4. The van der Waals surface area contributed by atoms with Gasteiger partial charge in [0.15, 0.2) is 12.0 Å². The zero-order valence-electron chi connectivity index (χ0n) is 23.8. The molecule has 0 saturated carbocycles. The number of hydrogen-bond donors (Lipinski definition) is 2. The molecule has 1 aromatic rings. The Morgan fingerprint density at radius 1 is 1.13 bits per heavy atom. The van der Waals surface area contributed by atoms with Gasteiger partial charge in [0, 0.05) is 18.2 Å². The van der Waals surface area contributed by atoms with Crippen LogP contribution in [-0.4, -0.2) is 54.8 Å². The van der Waals surface area contributed by atoms with E-state index in [4.69, 9.17) is 9.16 Å². The van der Waals surface area contributed by atoms with Crippen LogP contribution < -0.4 is 14.1 Å². The summed E-state index contributed by atoms with van der Waals surface area (Å²) in [4.78, 5) is 28.9. The minimum absolute atomic E-state index is 0.0812. The van der Waals surface area contributed by atoms with E-state index in [0.29, 0.717) is 17.9 Å². The van der Waals surface area contributed by atoms with Crippen molar-refractivity contribution >= 4 is 26.0 Å². The van der Waals surface area contributed by atoms with Gasteiger partial charge in [0.25, 0.3) is 14.2 Å². The molecule has 0 aliphatic carbocycles. The van der Waals surface area contributed by atoms with Gasteiger partial charge in [-0.25, -0.2) is 9.69 Å². The van der Waals surface area contributed by atoms with E-state index in [9.17, 15) is 19.8 Å². The number of benzene rings is 1. The quantitative estimate of drug-likeness (QED) is 0.271. The lowest BCUT2D eigenvalue weighted by Gasteiger charge is -2.42. The van der Waals surface area contributed by atoms with E-state index in [1.54, 1.807) is 24.4 Å². The van der Waals surface area contributed by atoms with Crippen LogP contribution >= 0.6 is 0 Å². The molecular formula is C29H42N2O6Si. The van der Waals surface area contributed by atoms with Gasteiger partial charge in [-0.2, -0.15) is 0 Å². The zero-order valence-corrected chi connectivity index (χ0v) is 24.8. The molecule has 38 heavy (non-hydrogen) atoms. The van der Waals surface area contributed by atoms with Gasteiger partial charge < -0.3 is 24.3 Å². The predicted octanol–water partition coefficient (Wildman–Crippen LogP) is 6.54. The molecule has 0 radical (unpaired) electrons. The standard InChI is InChI=1S/C29H42N2O6Si/c1-10-12-20-16-30-26(21(20)13-11-2)28(33)31(29(34)35)23-15-25(24(36-9)14-22(23)27(30)32)37-38(17(3)4,18(5)6)19(7)8/h10-12,14-19,21,26,28,33H,2,13H2,1,3-9H3,(H,34,35)/t21?,26-,28-/m0/s1. The van der Waals surface area contributed by atoms with Gasteiger partial charge in [-0.3, -0.25) is 4.79 Å². The van der Waals surface area contributed by atoms with Crippen LogP contribution in [0.4, 0.5) is 10.5 Å². The summed E-state index contributed by atoms with van der Waals surface area (Å²) in [5.74, 6) is 0.00873. The second-order valence-corrected chi connectivity index (χ2v) is 16.3. The van der Waals surface area contributed by atoms with Crippen LogP contribution in [0, 0.1) is 5.92 Å². The Balaban J connectivity index is 2.27. The third-order valence-corrected chi connectivity index (χ3v) is 14.0. The molecule has 2 N–H and O–H groups in total. The number of carbonyl (C=O) groups excluding carboxylic acids is 1. The molecule has 1 aromatic carbocycles. The van der Waals surface area contributed by atoms with E-state index in [0.717, 1.165) is 10.5 Å².